The van der Waals surface area contributed by atoms with Crippen LogP contribution in [0.25, 0.3) is 0 Å². The first-order valence-corrected chi connectivity index (χ1v) is 8.82. The first-order valence-electron chi connectivity index (χ1n) is 8.04. The van der Waals surface area contributed by atoms with Crippen LogP contribution in [0, 0.1) is 5.82 Å². The topological polar surface area (TPSA) is 53.6 Å². The van der Waals surface area contributed by atoms with Crippen molar-refractivity contribution >= 4 is 46.2 Å². The molecule has 1 heterocycles. The molecule has 0 unspecified atom stereocenters. The van der Waals surface area contributed by atoms with Gasteiger partial charge in [0.25, 0.3) is 5.91 Å². The van der Waals surface area contributed by atoms with Crippen LogP contribution in [-0.2, 0) is 4.74 Å². The Kier molecular flexibility index (Phi) is 6.03. The molecule has 0 radical (unpaired) electrons. The Labute approximate surface area is 161 Å². The van der Waals surface area contributed by atoms with Crippen LogP contribution in [0.1, 0.15) is 10.4 Å². The van der Waals surface area contributed by atoms with Crippen molar-refractivity contribution in [2.75, 3.05) is 36.5 Å². The van der Waals surface area contributed by atoms with Crippen LogP contribution >= 0.6 is 23.8 Å². The Balaban J connectivity index is 1.63. The van der Waals surface area contributed by atoms with Crippen LogP contribution < -0.4 is 15.5 Å². The zero-order valence-corrected chi connectivity index (χ0v) is 15.4. The number of rotatable bonds is 3. The van der Waals surface area contributed by atoms with E-state index < -0.39 is 11.7 Å². The molecular formula is C18H17ClFN3O2S. The minimum Gasteiger partial charge on any atom is -0.378 e. The van der Waals surface area contributed by atoms with E-state index in [1.54, 1.807) is 12.1 Å². The molecule has 1 aliphatic rings. The molecule has 0 spiro atoms. The van der Waals surface area contributed by atoms with Crippen molar-refractivity contribution < 1.29 is 13.9 Å². The van der Waals surface area contributed by atoms with E-state index in [-0.39, 0.29) is 10.7 Å². The number of benzene rings is 2. The third-order valence-electron chi connectivity index (χ3n) is 3.90. The zero-order valence-electron chi connectivity index (χ0n) is 13.8. The molecule has 0 atom stereocenters. The standard InChI is InChI=1S/C18H17ClFN3O2S/c19-14-11-12(5-6-16(14)23-7-9-25-10-8-23)21-18(26)22-17(24)13-3-1-2-4-15(13)20/h1-6,11H,7-10H2,(H2,21,22,24,26). The molecule has 5 nitrogen and oxygen atoms in total. The Bertz CT molecular complexity index is 828. The SMILES string of the molecule is O=C(NC(=S)Nc1ccc(N2CCOCC2)c(Cl)c1)c1ccccc1F. The van der Waals surface area contributed by atoms with E-state index in [2.05, 4.69) is 15.5 Å². The second kappa shape index (κ2) is 8.44. The number of thiocarbonyl (C=S) groups is 1. The molecule has 26 heavy (non-hydrogen) atoms. The van der Waals surface area contributed by atoms with Crippen molar-refractivity contribution in [2.24, 2.45) is 0 Å². The van der Waals surface area contributed by atoms with Crippen LogP contribution in [0.15, 0.2) is 42.5 Å². The Hall–Kier alpha value is -2.22. The fraction of sp³-hybridized carbons (Fsp3) is 0.222. The van der Waals surface area contributed by atoms with E-state index in [0.29, 0.717) is 23.9 Å². The molecular weight excluding hydrogens is 377 g/mol. The Morgan fingerprint density at radius 2 is 1.92 bits per heavy atom. The number of hydrogen-bond donors (Lipinski definition) is 2. The second-order valence-corrected chi connectivity index (χ2v) is 6.47. The molecule has 0 aromatic heterocycles. The summed E-state index contributed by atoms with van der Waals surface area (Å²) in [6.45, 7) is 2.90. The van der Waals surface area contributed by atoms with E-state index in [9.17, 15) is 9.18 Å². The summed E-state index contributed by atoms with van der Waals surface area (Å²) in [4.78, 5) is 14.2. The van der Waals surface area contributed by atoms with Gasteiger partial charge in [-0.15, -0.1) is 0 Å². The zero-order chi connectivity index (χ0) is 18.5. The maximum absolute atomic E-state index is 13.6. The molecule has 2 aromatic carbocycles. The maximum Gasteiger partial charge on any atom is 0.260 e. The van der Waals surface area contributed by atoms with Gasteiger partial charge < -0.3 is 15.0 Å². The van der Waals surface area contributed by atoms with Gasteiger partial charge in [0, 0.05) is 18.8 Å². The maximum atomic E-state index is 13.6. The van der Waals surface area contributed by atoms with Crippen molar-refractivity contribution in [2.45, 2.75) is 0 Å². The molecule has 0 saturated carbocycles. The van der Waals surface area contributed by atoms with Crippen LogP contribution in [0.4, 0.5) is 15.8 Å². The molecule has 3 rings (SSSR count). The van der Waals surface area contributed by atoms with Gasteiger partial charge in [0.1, 0.15) is 5.82 Å². The fourth-order valence-corrected chi connectivity index (χ4v) is 3.13. The molecule has 1 saturated heterocycles. The van der Waals surface area contributed by atoms with Gasteiger partial charge in [0.05, 0.1) is 29.5 Å². The minimum absolute atomic E-state index is 0.0634. The second-order valence-electron chi connectivity index (χ2n) is 5.65. The van der Waals surface area contributed by atoms with Crippen LogP contribution in [0.5, 0.6) is 0 Å². The lowest BCUT2D eigenvalue weighted by molar-refractivity contribution is 0.0974. The van der Waals surface area contributed by atoms with Gasteiger partial charge in [-0.05, 0) is 42.5 Å². The molecule has 2 N–H and O–H groups in total. The van der Waals surface area contributed by atoms with Gasteiger partial charge in [-0.3, -0.25) is 10.1 Å². The molecule has 1 amide bonds. The number of amides is 1. The number of nitrogens with one attached hydrogen (secondary N) is 2. The molecule has 136 valence electrons. The molecule has 2 aromatic rings. The lowest BCUT2D eigenvalue weighted by Gasteiger charge is -2.29. The molecule has 1 aliphatic heterocycles. The highest BCUT2D eigenvalue weighted by molar-refractivity contribution is 7.80. The van der Waals surface area contributed by atoms with E-state index in [1.165, 1.54) is 18.2 Å². The van der Waals surface area contributed by atoms with Gasteiger partial charge in [-0.25, -0.2) is 4.39 Å². The van der Waals surface area contributed by atoms with Crippen molar-refractivity contribution in [3.63, 3.8) is 0 Å². The Morgan fingerprint density at radius 1 is 1.19 bits per heavy atom. The smallest absolute Gasteiger partial charge is 0.260 e. The molecule has 0 bridgehead atoms. The van der Waals surface area contributed by atoms with Crippen molar-refractivity contribution in [1.82, 2.24) is 5.32 Å². The minimum atomic E-state index is -0.614. The summed E-state index contributed by atoms with van der Waals surface area (Å²) >= 11 is 11.5. The summed E-state index contributed by atoms with van der Waals surface area (Å²) in [5, 5.41) is 5.97. The highest BCUT2D eigenvalue weighted by atomic mass is 35.5. The van der Waals surface area contributed by atoms with E-state index in [0.717, 1.165) is 18.8 Å². The normalized spacial score (nSPS) is 14.0. The monoisotopic (exact) mass is 393 g/mol. The van der Waals surface area contributed by atoms with E-state index in [4.69, 9.17) is 28.6 Å². The van der Waals surface area contributed by atoms with Gasteiger partial charge in [0.2, 0.25) is 0 Å². The summed E-state index contributed by atoms with van der Waals surface area (Å²) in [5.41, 5.74) is 1.48. The van der Waals surface area contributed by atoms with Gasteiger partial charge >= 0.3 is 0 Å². The van der Waals surface area contributed by atoms with Crippen molar-refractivity contribution in [3.8, 4) is 0 Å². The summed E-state index contributed by atoms with van der Waals surface area (Å²) < 4.78 is 19.0. The molecule has 8 heteroatoms. The highest BCUT2D eigenvalue weighted by Gasteiger charge is 2.15. The first-order chi connectivity index (χ1) is 12.5. The third-order valence-corrected chi connectivity index (χ3v) is 4.41. The lowest BCUT2D eigenvalue weighted by atomic mass is 10.2. The van der Waals surface area contributed by atoms with E-state index >= 15 is 0 Å². The highest BCUT2D eigenvalue weighted by Crippen LogP contribution is 2.29. The predicted molar refractivity (Wildman–Crippen MR) is 105 cm³/mol. The quantitative estimate of drug-likeness (QED) is 0.782. The number of carbonyl (C=O) groups is 1. The first kappa shape index (κ1) is 18.6. The fourth-order valence-electron chi connectivity index (χ4n) is 2.62. The largest absolute Gasteiger partial charge is 0.378 e. The van der Waals surface area contributed by atoms with Gasteiger partial charge in [0.15, 0.2) is 5.11 Å². The number of halogens is 2. The van der Waals surface area contributed by atoms with E-state index in [1.807, 2.05) is 12.1 Å². The summed E-state index contributed by atoms with van der Waals surface area (Å²) in [7, 11) is 0. The average molecular weight is 394 g/mol. The van der Waals surface area contributed by atoms with Crippen molar-refractivity contribution in [1.29, 1.82) is 0 Å². The number of hydrogen-bond acceptors (Lipinski definition) is 4. The van der Waals surface area contributed by atoms with Gasteiger partial charge in [-0.1, -0.05) is 23.7 Å². The van der Waals surface area contributed by atoms with Crippen LogP contribution in [-0.4, -0.2) is 37.3 Å². The number of anilines is 2. The molecule has 0 aliphatic carbocycles. The van der Waals surface area contributed by atoms with Crippen molar-refractivity contribution in [3.05, 3.63) is 58.9 Å². The number of ether oxygens (including phenoxy) is 1. The number of nitrogens with zero attached hydrogens (tertiary/aromatic N) is 1. The number of morpholine rings is 1. The van der Waals surface area contributed by atoms with Crippen LogP contribution in [0.2, 0.25) is 5.02 Å². The summed E-state index contributed by atoms with van der Waals surface area (Å²) in [6.07, 6.45) is 0. The average Bonchev–Trinajstić information content (AvgIpc) is 2.62. The summed E-state index contributed by atoms with van der Waals surface area (Å²) in [5.74, 6) is -1.22. The molecule has 1 fully saturated rings. The predicted octanol–water partition coefficient (Wildman–Crippen LogP) is 3.44. The lowest BCUT2D eigenvalue weighted by Crippen LogP contribution is -2.36. The summed E-state index contributed by atoms with van der Waals surface area (Å²) in [6, 6.07) is 11.1. The van der Waals surface area contributed by atoms with Crippen LogP contribution in [0.3, 0.4) is 0 Å². The third kappa shape index (κ3) is 4.49. The van der Waals surface area contributed by atoms with Gasteiger partial charge in [-0.2, -0.15) is 0 Å². The Morgan fingerprint density at radius 3 is 2.62 bits per heavy atom. The number of carbonyl (C=O) groups excluding carboxylic acids is 1.